The first-order valence-corrected chi connectivity index (χ1v) is 5.33. The van der Waals surface area contributed by atoms with Crippen LogP contribution in [0.15, 0.2) is 41.1 Å². The van der Waals surface area contributed by atoms with Crippen LogP contribution in [0.1, 0.15) is 5.56 Å². The quantitative estimate of drug-likeness (QED) is 0.807. The minimum absolute atomic E-state index is 0.310. The maximum Gasteiger partial charge on any atom is 0.115 e. The van der Waals surface area contributed by atoms with E-state index in [1.165, 1.54) is 0 Å². The molecule has 2 rings (SSSR count). The molecule has 3 heteroatoms. The molecule has 0 saturated heterocycles. The van der Waals surface area contributed by atoms with Gasteiger partial charge in [0, 0.05) is 17.6 Å². The molecule has 0 fully saturated rings. The molecule has 0 aliphatic carbocycles. The summed E-state index contributed by atoms with van der Waals surface area (Å²) in [6.07, 6.45) is 0. The first kappa shape index (κ1) is 9.09. The van der Waals surface area contributed by atoms with Crippen molar-refractivity contribution in [2.45, 2.75) is 6.54 Å². The van der Waals surface area contributed by atoms with E-state index in [9.17, 15) is 0 Å². The van der Waals surface area contributed by atoms with Gasteiger partial charge in [-0.05, 0) is 29.1 Å². The zero-order valence-corrected chi connectivity index (χ0v) is 8.42. The second-order valence-corrected chi connectivity index (χ2v) is 3.81. The fourth-order valence-corrected chi connectivity index (χ4v) is 1.80. The van der Waals surface area contributed by atoms with Crippen molar-refractivity contribution in [3.05, 3.63) is 46.7 Å². The predicted octanol–water partition coefficient (Wildman–Crippen LogP) is 3.07. The Morgan fingerprint density at radius 3 is 2.57 bits per heavy atom. The minimum Gasteiger partial charge on any atom is -0.508 e. The number of aromatic hydroxyl groups is 1. The van der Waals surface area contributed by atoms with Crippen molar-refractivity contribution in [3.63, 3.8) is 0 Å². The molecule has 0 aliphatic heterocycles. The van der Waals surface area contributed by atoms with Gasteiger partial charge in [-0.3, -0.25) is 0 Å². The molecule has 0 radical (unpaired) electrons. The standard InChI is InChI=1S/C11H11NOS/c13-11-3-1-9(2-4-11)7-12-10-5-6-14-8-10/h1-6,8,12-13H,7H2. The molecule has 14 heavy (non-hydrogen) atoms. The molecule has 0 spiro atoms. The smallest absolute Gasteiger partial charge is 0.115 e. The van der Waals surface area contributed by atoms with Gasteiger partial charge in [-0.1, -0.05) is 12.1 Å². The lowest BCUT2D eigenvalue weighted by molar-refractivity contribution is 0.475. The van der Waals surface area contributed by atoms with Crippen molar-refractivity contribution in [1.29, 1.82) is 0 Å². The van der Waals surface area contributed by atoms with E-state index in [-0.39, 0.29) is 0 Å². The Bertz CT molecular complexity index is 380. The number of phenolic OH excluding ortho intramolecular Hbond substituents is 1. The number of benzene rings is 1. The first-order chi connectivity index (χ1) is 6.84. The molecule has 0 saturated carbocycles. The highest BCUT2D eigenvalue weighted by molar-refractivity contribution is 7.08. The second-order valence-electron chi connectivity index (χ2n) is 3.03. The first-order valence-electron chi connectivity index (χ1n) is 4.38. The van der Waals surface area contributed by atoms with Gasteiger partial charge in [0.15, 0.2) is 0 Å². The van der Waals surface area contributed by atoms with E-state index in [2.05, 4.69) is 10.7 Å². The molecule has 0 amide bonds. The maximum atomic E-state index is 9.09. The Morgan fingerprint density at radius 1 is 1.14 bits per heavy atom. The van der Waals surface area contributed by atoms with Crippen LogP contribution in [-0.2, 0) is 6.54 Å². The van der Waals surface area contributed by atoms with Gasteiger partial charge < -0.3 is 10.4 Å². The Morgan fingerprint density at radius 2 is 1.93 bits per heavy atom. The number of nitrogens with one attached hydrogen (secondary N) is 1. The Hall–Kier alpha value is -1.48. The van der Waals surface area contributed by atoms with Gasteiger partial charge in [0.25, 0.3) is 0 Å². The highest BCUT2D eigenvalue weighted by Crippen LogP contribution is 2.14. The summed E-state index contributed by atoms with van der Waals surface area (Å²) in [4.78, 5) is 0. The van der Waals surface area contributed by atoms with Gasteiger partial charge in [-0.15, -0.1) is 0 Å². The molecule has 1 aromatic heterocycles. The maximum absolute atomic E-state index is 9.09. The molecule has 2 N–H and O–H groups in total. The van der Waals surface area contributed by atoms with Crippen LogP contribution in [-0.4, -0.2) is 5.11 Å². The molecule has 2 aromatic rings. The zero-order chi connectivity index (χ0) is 9.80. The van der Waals surface area contributed by atoms with Crippen LogP contribution in [0.4, 0.5) is 5.69 Å². The van der Waals surface area contributed by atoms with Crippen molar-refractivity contribution in [2.75, 3.05) is 5.32 Å². The van der Waals surface area contributed by atoms with Gasteiger partial charge in [-0.25, -0.2) is 0 Å². The van der Waals surface area contributed by atoms with E-state index >= 15 is 0 Å². The summed E-state index contributed by atoms with van der Waals surface area (Å²) in [5.41, 5.74) is 2.30. The Balaban J connectivity index is 1.95. The van der Waals surface area contributed by atoms with E-state index in [1.807, 2.05) is 23.6 Å². The number of anilines is 1. The van der Waals surface area contributed by atoms with Gasteiger partial charge in [0.05, 0.1) is 0 Å². The molecular formula is C11H11NOS. The van der Waals surface area contributed by atoms with E-state index in [1.54, 1.807) is 23.5 Å². The SMILES string of the molecule is Oc1ccc(CNc2ccsc2)cc1. The van der Waals surface area contributed by atoms with Crippen molar-refractivity contribution in [3.8, 4) is 5.75 Å². The summed E-state index contributed by atoms with van der Waals surface area (Å²) < 4.78 is 0. The number of rotatable bonds is 3. The van der Waals surface area contributed by atoms with E-state index in [0.29, 0.717) is 5.75 Å². The van der Waals surface area contributed by atoms with Crippen LogP contribution < -0.4 is 5.32 Å². The average Bonchev–Trinajstić information content (AvgIpc) is 2.70. The lowest BCUT2D eigenvalue weighted by Gasteiger charge is -2.03. The largest absolute Gasteiger partial charge is 0.508 e. The summed E-state index contributed by atoms with van der Waals surface area (Å²) >= 11 is 1.67. The van der Waals surface area contributed by atoms with Crippen LogP contribution in [0.3, 0.4) is 0 Å². The zero-order valence-electron chi connectivity index (χ0n) is 7.60. The third kappa shape index (κ3) is 2.26. The molecule has 1 heterocycles. The summed E-state index contributed by atoms with van der Waals surface area (Å²) in [7, 11) is 0. The number of hydrogen-bond acceptors (Lipinski definition) is 3. The van der Waals surface area contributed by atoms with Crippen molar-refractivity contribution < 1.29 is 5.11 Å². The number of phenols is 1. The highest BCUT2D eigenvalue weighted by Gasteiger charge is 1.94. The molecule has 72 valence electrons. The molecule has 0 aliphatic rings. The lowest BCUT2D eigenvalue weighted by Crippen LogP contribution is -1.97. The van der Waals surface area contributed by atoms with Gasteiger partial charge in [0.2, 0.25) is 0 Å². The van der Waals surface area contributed by atoms with Crippen molar-refractivity contribution >= 4 is 17.0 Å². The predicted molar refractivity (Wildman–Crippen MR) is 59.8 cm³/mol. The lowest BCUT2D eigenvalue weighted by atomic mass is 10.2. The topological polar surface area (TPSA) is 32.3 Å². The van der Waals surface area contributed by atoms with E-state index in [0.717, 1.165) is 17.8 Å². The summed E-state index contributed by atoms with van der Waals surface area (Å²) in [5.74, 6) is 0.310. The van der Waals surface area contributed by atoms with Crippen LogP contribution in [0.25, 0.3) is 0 Å². The van der Waals surface area contributed by atoms with Crippen molar-refractivity contribution in [1.82, 2.24) is 0 Å². The van der Waals surface area contributed by atoms with Gasteiger partial charge in [0.1, 0.15) is 5.75 Å². The van der Waals surface area contributed by atoms with Gasteiger partial charge >= 0.3 is 0 Å². The van der Waals surface area contributed by atoms with Crippen LogP contribution in [0.2, 0.25) is 0 Å². The van der Waals surface area contributed by atoms with Crippen LogP contribution >= 0.6 is 11.3 Å². The van der Waals surface area contributed by atoms with E-state index in [4.69, 9.17) is 5.11 Å². The Kier molecular flexibility index (Phi) is 2.70. The summed E-state index contributed by atoms with van der Waals surface area (Å²) in [5, 5.41) is 16.5. The highest BCUT2D eigenvalue weighted by atomic mass is 32.1. The average molecular weight is 205 g/mol. The third-order valence-electron chi connectivity index (χ3n) is 1.95. The Labute approximate surface area is 86.8 Å². The third-order valence-corrected chi connectivity index (χ3v) is 2.64. The molecule has 2 nitrogen and oxygen atoms in total. The van der Waals surface area contributed by atoms with Gasteiger partial charge in [-0.2, -0.15) is 11.3 Å². The summed E-state index contributed by atoms with van der Waals surface area (Å²) in [6.45, 7) is 0.789. The van der Waals surface area contributed by atoms with E-state index < -0.39 is 0 Å². The molecule has 0 bridgehead atoms. The minimum atomic E-state index is 0.310. The molecule has 1 aromatic carbocycles. The summed E-state index contributed by atoms with van der Waals surface area (Å²) in [6, 6.07) is 9.27. The van der Waals surface area contributed by atoms with Crippen molar-refractivity contribution in [2.24, 2.45) is 0 Å². The molecule has 0 atom stereocenters. The van der Waals surface area contributed by atoms with Crippen LogP contribution in [0.5, 0.6) is 5.75 Å². The fourth-order valence-electron chi connectivity index (χ4n) is 1.18. The molecule has 0 unspecified atom stereocenters. The monoisotopic (exact) mass is 205 g/mol. The fraction of sp³-hybridized carbons (Fsp3) is 0.0909. The number of hydrogen-bond donors (Lipinski definition) is 2. The second kappa shape index (κ2) is 4.15. The number of thiophene rings is 1. The normalized spacial score (nSPS) is 10.0. The molecular weight excluding hydrogens is 194 g/mol. The van der Waals surface area contributed by atoms with Crippen LogP contribution in [0, 0.1) is 0 Å².